The average Bonchev–Trinajstić information content (AvgIpc) is 2.98. The molecule has 0 aliphatic heterocycles. The summed E-state index contributed by atoms with van der Waals surface area (Å²) in [5, 5.41) is 4.30. The highest BCUT2D eigenvalue weighted by atomic mass is 16.5. The zero-order chi connectivity index (χ0) is 17.2. The molecular formula is C21H22N2O2. The van der Waals surface area contributed by atoms with Gasteiger partial charge in [-0.25, -0.2) is 4.79 Å². The first-order valence-electron chi connectivity index (χ1n) is 8.76. The Morgan fingerprint density at radius 3 is 2.92 bits per heavy atom. The first kappa shape index (κ1) is 15.8. The minimum atomic E-state index is -0.340. The molecule has 2 N–H and O–H groups in total. The SMILES string of the molecule is Cc1ccc2[nH]c3c(c2c1)C[C@H](NC(=O)OCc1ccccc1)CC3. The van der Waals surface area contributed by atoms with Gasteiger partial charge in [0.15, 0.2) is 0 Å². The summed E-state index contributed by atoms with van der Waals surface area (Å²) in [4.78, 5) is 15.6. The highest BCUT2D eigenvalue weighted by Gasteiger charge is 2.24. The van der Waals surface area contributed by atoms with Crippen LogP contribution in [0, 0.1) is 6.92 Å². The fraction of sp³-hybridized carbons (Fsp3) is 0.286. The maximum Gasteiger partial charge on any atom is 0.407 e. The number of rotatable bonds is 3. The lowest BCUT2D eigenvalue weighted by Gasteiger charge is -2.23. The molecule has 1 atom stereocenters. The number of H-pyrrole nitrogens is 1. The van der Waals surface area contributed by atoms with Crippen molar-refractivity contribution in [2.75, 3.05) is 0 Å². The number of alkyl carbamates (subject to hydrolysis) is 1. The molecule has 25 heavy (non-hydrogen) atoms. The van der Waals surface area contributed by atoms with E-state index in [1.54, 1.807) is 0 Å². The number of benzene rings is 2. The lowest BCUT2D eigenvalue weighted by atomic mass is 9.91. The van der Waals surface area contributed by atoms with Gasteiger partial charge in [-0.3, -0.25) is 0 Å². The normalized spacial score (nSPS) is 16.4. The molecule has 128 valence electrons. The van der Waals surface area contributed by atoms with Crippen LogP contribution in [0.15, 0.2) is 48.5 Å². The van der Waals surface area contributed by atoms with Crippen molar-refractivity contribution in [3.05, 3.63) is 70.9 Å². The molecule has 3 aromatic rings. The van der Waals surface area contributed by atoms with Gasteiger partial charge >= 0.3 is 6.09 Å². The summed E-state index contributed by atoms with van der Waals surface area (Å²) in [6.45, 7) is 2.41. The monoisotopic (exact) mass is 334 g/mol. The number of nitrogens with one attached hydrogen (secondary N) is 2. The summed E-state index contributed by atoms with van der Waals surface area (Å²) in [5.41, 5.74) is 6.07. The Balaban J connectivity index is 1.41. The molecular weight excluding hydrogens is 312 g/mol. The van der Waals surface area contributed by atoms with E-state index in [2.05, 4.69) is 35.4 Å². The average molecular weight is 334 g/mol. The van der Waals surface area contributed by atoms with Gasteiger partial charge in [-0.1, -0.05) is 42.0 Å². The molecule has 1 aromatic heterocycles. The van der Waals surface area contributed by atoms with Crippen LogP contribution in [0.1, 0.15) is 28.8 Å². The molecule has 4 heteroatoms. The number of aromatic nitrogens is 1. The van der Waals surface area contributed by atoms with E-state index in [0.717, 1.165) is 24.8 Å². The van der Waals surface area contributed by atoms with E-state index in [4.69, 9.17) is 4.74 Å². The third kappa shape index (κ3) is 3.38. The summed E-state index contributed by atoms with van der Waals surface area (Å²) in [5.74, 6) is 0. The van der Waals surface area contributed by atoms with Crippen LogP contribution in [0.25, 0.3) is 10.9 Å². The molecule has 4 rings (SSSR count). The molecule has 0 spiro atoms. The molecule has 0 saturated carbocycles. The van der Waals surface area contributed by atoms with Gasteiger partial charge in [0.2, 0.25) is 0 Å². The molecule has 0 saturated heterocycles. The summed E-state index contributed by atoms with van der Waals surface area (Å²) < 4.78 is 5.35. The molecule has 0 fully saturated rings. The van der Waals surface area contributed by atoms with Crippen molar-refractivity contribution < 1.29 is 9.53 Å². The highest BCUT2D eigenvalue weighted by Crippen LogP contribution is 2.29. The van der Waals surface area contributed by atoms with E-state index in [1.807, 2.05) is 30.3 Å². The van der Waals surface area contributed by atoms with Crippen LogP contribution >= 0.6 is 0 Å². The van der Waals surface area contributed by atoms with Crippen molar-refractivity contribution in [3.63, 3.8) is 0 Å². The predicted molar refractivity (Wildman–Crippen MR) is 98.6 cm³/mol. The molecule has 1 amide bonds. The summed E-state index contributed by atoms with van der Waals surface area (Å²) in [6.07, 6.45) is 2.39. The molecule has 1 aliphatic carbocycles. The number of aryl methyl sites for hydroxylation is 2. The first-order valence-corrected chi connectivity index (χ1v) is 8.76. The third-order valence-corrected chi connectivity index (χ3v) is 4.88. The number of aromatic amines is 1. The van der Waals surface area contributed by atoms with Crippen molar-refractivity contribution >= 4 is 17.0 Å². The molecule has 4 nitrogen and oxygen atoms in total. The van der Waals surface area contributed by atoms with Gasteiger partial charge in [0.1, 0.15) is 6.61 Å². The Hall–Kier alpha value is -2.75. The van der Waals surface area contributed by atoms with Gasteiger partial charge in [-0.2, -0.15) is 0 Å². The summed E-state index contributed by atoms with van der Waals surface area (Å²) in [6, 6.07) is 16.3. The second kappa shape index (κ2) is 6.63. The highest BCUT2D eigenvalue weighted by molar-refractivity contribution is 5.85. The Labute approximate surface area is 147 Å². The predicted octanol–water partition coefficient (Wildman–Crippen LogP) is 4.26. The summed E-state index contributed by atoms with van der Waals surface area (Å²) in [7, 11) is 0. The van der Waals surface area contributed by atoms with E-state index < -0.39 is 0 Å². The Bertz CT molecular complexity index is 899. The zero-order valence-corrected chi connectivity index (χ0v) is 14.3. The number of amides is 1. The molecule has 0 unspecified atom stereocenters. The lowest BCUT2D eigenvalue weighted by molar-refractivity contribution is 0.134. The first-order chi connectivity index (χ1) is 12.2. The van der Waals surface area contributed by atoms with Gasteiger partial charge < -0.3 is 15.0 Å². The van der Waals surface area contributed by atoms with E-state index in [-0.39, 0.29) is 12.1 Å². The maximum atomic E-state index is 12.1. The maximum absolute atomic E-state index is 12.1. The van der Waals surface area contributed by atoms with Crippen LogP contribution in [-0.2, 0) is 24.2 Å². The van der Waals surface area contributed by atoms with Crippen molar-refractivity contribution in [2.24, 2.45) is 0 Å². The fourth-order valence-corrected chi connectivity index (χ4v) is 3.59. The second-order valence-corrected chi connectivity index (χ2v) is 6.78. The smallest absolute Gasteiger partial charge is 0.407 e. The Kier molecular flexibility index (Phi) is 4.18. The second-order valence-electron chi connectivity index (χ2n) is 6.78. The zero-order valence-electron chi connectivity index (χ0n) is 14.3. The Morgan fingerprint density at radius 2 is 2.08 bits per heavy atom. The van der Waals surface area contributed by atoms with Crippen molar-refractivity contribution in [3.8, 4) is 0 Å². The minimum absolute atomic E-state index is 0.121. The molecule has 1 aliphatic rings. The standard InChI is InChI=1S/C21H22N2O2/c1-14-7-9-19-17(11-14)18-12-16(8-10-20(18)23-19)22-21(24)25-13-15-5-3-2-4-6-15/h2-7,9,11,16,23H,8,10,12-13H2,1H3,(H,22,24)/t16-/m1/s1. The van der Waals surface area contributed by atoms with Gasteiger partial charge in [0.25, 0.3) is 0 Å². The molecule has 0 bridgehead atoms. The van der Waals surface area contributed by atoms with Crippen LogP contribution in [0.4, 0.5) is 4.79 Å². The van der Waals surface area contributed by atoms with Gasteiger partial charge in [-0.05, 0) is 49.4 Å². The van der Waals surface area contributed by atoms with Crippen LogP contribution in [0.3, 0.4) is 0 Å². The van der Waals surface area contributed by atoms with Crippen LogP contribution < -0.4 is 5.32 Å². The van der Waals surface area contributed by atoms with Gasteiger partial charge in [-0.15, -0.1) is 0 Å². The quantitative estimate of drug-likeness (QED) is 0.752. The fourth-order valence-electron chi connectivity index (χ4n) is 3.59. The number of carbonyl (C=O) groups excluding carboxylic acids is 1. The van der Waals surface area contributed by atoms with Crippen LogP contribution in [0.5, 0.6) is 0 Å². The Morgan fingerprint density at radius 1 is 1.24 bits per heavy atom. The number of ether oxygens (including phenoxy) is 1. The van der Waals surface area contributed by atoms with Crippen LogP contribution in [0.2, 0.25) is 0 Å². The summed E-state index contributed by atoms with van der Waals surface area (Å²) >= 11 is 0. The van der Waals surface area contributed by atoms with Crippen molar-refractivity contribution in [2.45, 2.75) is 38.8 Å². The minimum Gasteiger partial charge on any atom is -0.445 e. The number of hydrogen-bond donors (Lipinski definition) is 2. The van der Waals surface area contributed by atoms with E-state index in [9.17, 15) is 4.79 Å². The molecule has 0 radical (unpaired) electrons. The van der Waals surface area contributed by atoms with E-state index >= 15 is 0 Å². The molecule has 1 heterocycles. The van der Waals surface area contributed by atoms with Crippen molar-refractivity contribution in [1.29, 1.82) is 0 Å². The largest absolute Gasteiger partial charge is 0.445 e. The van der Waals surface area contributed by atoms with Gasteiger partial charge in [0, 0.05) is 22.6 Å². The van der Waals surface area contributed by atoms with Crippen molar-refractivity contribution in [1.82, 2.24) is 10.3 Å². The van der Waals surface area contributed by atoms with Crippen LogP contribution in [-0.4, -0.2) is 17.1 Å². The number of hydrogen-bond acceptors (Lipinski definition) is 2. The third-order valence-electron chi connectivity index (χ3n) is 4.88. The number of fused-ring (bicyclic) bond motifs is 3. The molecule has 2 aromatic carbocycles. The topological polar surface area (TPSA) is 54.1 Å². The van der Waals surface area contributed by atoms with E-state index in [0.29, 0.717) is 6.61 Å². The van der Waals surface area contributed by atoms with Gasteiger partial charge in [0.05, 0.1) is 0 Å². The lowest BCUT2D eigenvalue weighted by Crippen LogP contribution is -2.39. The van der Waals surface area contributed by atoms with E-state index in [1.165, 1.54) is 27.7 Å². The number of carbonyl (C=O) groups is 1.